The Balaban J connectivity index is 2.02. The second-order valence-corrected chi connectivity index (χ2v) is 5.34. The van der Waals surface area contributed by atoms with E-state index in [1.807, 2.05) is 19.4 Å². The smallest absolute Gasteiger partial charge is 0.191 e. The summed E-state index contributed by atoms with van der Waals surface area (Å²) in [5.74, 6) is 1.49. The Bertz CT molecular complexity index is 402. The number of hydrogen-bond acceptors (Lipinski definition) is 7. The average molecular weight is 284 g/mol. The molecule has 1 aliphatic rings. The molecule has 3 N–H and O–H groups in total. The zero-order valence-electron chi connectivity index (χ0n) is 11.3. The summed E-state index contributed by atoms with van der Waals surface area (Å²) in [6.45, 7) is 1.70. The van der Waals surface area contributed by atoms with E-state index in [9.17, 15) is 5.11 Å². The van der Waals surface area contributed by atoms with Crippen molar-refractivity contribution in [3.05, 3.63) is 6.07 Å². The van der Waals surface area contributed by atoms with Crippen LogP contribution >= 0.6 is 11.8 Å². The van der Waals surface area contributed by atoms with Crippen LogP contribution in [0.3, 0.4) is 0 Å². The van der Waals surface area contributed by atoms with Crippen LogP contribution < -0.4 is 10.6 Å². The van der Waals surface area contributed by atoms with E-state index in [2.05, 4.69) is 20.6 Å². The van der Waals surface area contributed by atoms with Gasteiger partial charge in [-0.3, -0.25) is 0 Å². The SMILES string of the molecule is CNc1cc(NCC2(O)CCOCC2)nc(SC)n1. The first-order valence-corrected chi connectivity index (χ1v) is 7.52. The Morgan fingerprint density at radius 1 is 1.37 bits per heavy atom. The maximum Gasteiger partial charge on any atom is 0.191 e. The summed E-state index contributed by atoms with van der Waals surface area (Å²) in [6.07, 6.45) is 3.24. The van der Waals surface area contributed by atoms with E-state index in [0.29, 0.717) is 37.8 Å². The molecule has 2 heterocycles. The van der Waals surface area contributed by atoms with Gasteiger partial charge in [0.15, 0.2) is 5.16 Å². The number of thioether (sulfide) groups is 1. The van der Waals surface area contributed by atoms with Gasteiger partial charge in [0.05, 0.1) is 5.60 Å². The molecule has 0 unspecified atom stereocenters. The molecule has 0 aliphatic carbocycles. The molecule has 0 atom stereocenters. The molecule has 1 fully saturated rings. The molecule has 6 nitrogen and oxygen atoms in total. The Labute approximate surface area is 117 Å². The second-order valence-electron chi connectivity index (χ2n) is 4.57. The van der Waals surface area contributed by atoms with Gasteiger partial charge >= 0.3 is 0 Å². The minimum Gasteiger partial charge on any atom is -0.388 e. The Morgan fingerprint density at radius 3 is 2.68 bits per heavy atom. The van der Waals surface area contributed by atoms with E-state index in [1.54, 1.807) is 0 Å². The lowest BCUT2D eigenvalue weighted by atomic mass is 9.94. The Kier molecular flexibility index (Phi) is 4.84. The predicted octanol–water partition coefficient (Wildman–Crippen LogP) is 1.19. The number of hydrogen-bond donors (Lipinski definition) is 3. The molecule has 1 aromatic rings. The fraction of sp³-hybridized carbons (Fsp3) is 0.667. The van der Waals surface area contributed by atoms with Crippen molar-refractivity contribution in [1.29, 1.82) is 0 Å². The van der Waals surface area contributed by atoms with Gasteiger partial charge in [-0.2, -0.15) is 0 Å². The van der Waals surface area contributed by atoms with Crippen molar-refractivity contribution in [3.63, 3.8) is 0 Å². The monoisotopic (exact) mass is 284 g/mol. The minimum atomic E-state index is -0.706. The van der Waals surface area contributed by atoms with Crippen molar-refractivity contribution < 1.29 is 9.84 Å². The average Bonchev–Trinajstić information content (AvgIpc) is 2.45. The summed E-state index contributed by atoms with van der Waals surface area (Å²) < 4.78 is 5.26. The molecule has 0 bridgehead atoms. The molecule has 7 heteroatoms. The number of nitrogens with one attached hydrogen (secondary N) is 2. The zero-order chi connectivity index (χ0) is 13.7. The highest BCUT2D eigenvalue weighted by Gasteiger charge is 2.29. The van der Waals surface area contributed by atoms with Gasteiger partial charge in [0.1, 0.15) is 11.6 Å². The highest BCUT2D eigenvalue weighted by molar-refractivity contribution is 7.98. The van der Waals surface area contributed by atoms with Crippen molar-refractivity contribution in [2.24, 2.45) is 0 Å². The fourth-order valence-corrected chi connectivity index (χ4v) is 2.30. The van der Waals surface area contributed by atoms with Crippen LogP contribution in [-0.4, -0.2) is 53.7 Å². The van der Waals surface area contributed by atoms with Gasteiger partial charge in [-0.05, 0) is 6.26 Å². The number of nitrogens with zero attached hydrogens (tertiary/aromatic N) is 2. The summed E-state index contributed by atoms with van der Waals surface area (Å²) in [6, 6.07) is 1.84. The minimum absolute atomic E-state index is 0.477. The largest absolute Gasteiger partial charge is 0.388 e. The van der Waals surface area contributed by atoms with Gasteiger partial charge in [-0.25, -0.2) is 9.97 Å². The lowest BCUT2D eigenvalue weighted by molar-refractivity contribution is -0.0543. The quantitative estimate of drug-likeness (QED) is 0.553. The molecule has 1 aromatic heterocycles. The van der Waals surface area contributed by atoms with Crippen LogP contribution in [0, 0.1) is 0 Å². The number of ether oxygens (including phenoxy) is 1. The van der Waals surface area contributed by atoms with E-state index in [1.165, 1.54) is 11.8 Å². The Morgan fingerprint density at radius 2 is 2.05 bits per heavy atom. The molecule has 106 valence electrons. The van der Waals surface area contributed by atoms with E-state index in [4.69, 9.17) is 4.74 Å². The van der Waals surface area contributed by atoms with Gasteiger partial charge < -0.3 is 20.5 Å². The molecular formula is C12H20N4O2S. The van der Waals surface area contributed by atoms with Crippen molar-refractivity contribution in [2.45, 2.75) is 23.6 Å². The third-order valence-corrected chi connectivity index (χ3v) is 3.71. The van der Waals surface area contributed by atoms with Crippen LogP contribution in [0.5, 0.6) is 0 Å². The topological polar surface area (TPSA) is 79.3 Å². The first-order valence-electron chi connectivity index (χ1n) is 6.30. The highest BCUT2D eigenvalue weighted by atomic mass is 32.2. The summed E-state index contributed by atoms with van der Waals surface area (Å²) >= 11 is 1.49. The predicted molar refractivity (Wildman–Crippen MR) is 76.9 cm³/mol. The zero-order valence-corrected chi connectivity index (χ0v) is 12.1. The third kappa shape index (κ3) is 3.95. The molecule has 1 saturated heterocycles. The number of aromatic nitrogens is 2. The normalized spacial score (nSPS) is 18.1. The molecule has 19 heavy (non-hydrogen) atoms. The Hall–Kier alpha value is -1.05. The van der Waals surface area contributed by atoms with E-state index < -0.39 is 5.60 Å². The van der Waals surface area contributed by atoms with Gasteiger partial charge in [0, 0.05) is 45.7 Å². The van der Waals surface area contributed by atoms with Crippen molar-refractivity contribution >= 4 is 23.4 Å². The number of rotatable bonds is 5. The lowest BCUT2D eigenvalue weighted by Crippen LogP contribution is -2.42. The van der Waals surface area contributed by atoms with Crippen molar-refractivity contribution in [3.8, 4) is 0 Å². The third-order valence-electron chi connectivity index (χ3n) is 3.17. The second kappa shape index (κ2) is 6.40. The summed E-state index contributed by atoms with van der Waals surface area (Å²) in [5, 5.41) is 17.3. The van der Waals surface area contributed by atoms with Crippen LogP contribution in [0.15, 0.2) is 11.2 Å². The number of aliphatic hydroxyl groups is 1. The van der Waals surface area contributed by atoms with Crippen LogP contribution in [0.4, 0.5) is 11.6 Å². The van der Waals surface area contributed by atoms with E-state index in [0.717, 1.165) is 11.6 Å². The molecule has 2 rings (SSSR count). The molecule has 0 radical (unpaired) electrons. The van der Waals surface area contributed by atoms with Gasteiger partial charge in [0.25, 0.3) is 0 Å². The van der Waals surface area contributed by atoms with Crippen molar-refractivity contribution in [2.75, 3.05) is 43.7 Å². The fourth-order valence-electron chi connectivity index (χ4n) is 1.92. The van der Waals surface area contributed by atoms with Crippen LogP contribution in [0.25, 0.3) is 0 Å². The van der Waals surface area contributed by atoms with Gasteiger partial charge in [-0.15, -0.1) is 0 Å². The van der Waals surface area contributed by atoms with Crippen LogP contribution in [0.1, 0.15) is 12.8 Å². The van der Waals surface area contributed by atoms with E-state index in [-0.39, 0.29) is 0 Å². The molecule has 0 spiro atoms. The van der Waals surface area contributed by atoms with Crippen LogP contribution in [-0.2, 0) is 4.74 Å². The summed E-state index contributed by atoms with van der Waals surface area (Å²) in [4.78, 5) is 8.67. The first-order chi connectivity index (χ1) is 9.15. The summed E-state index contributed by atoms with van der Waals surface area (Å²) in [7, 11) is 1.82. The molecule has 0 amide bonds. The standard InChI is InChI=1S/C12H20N4O2S/c1-13-9-7-10(16-11(15-9)19-2)14-8-12(17)3-5-18-6-4-12/h7,17H,3-6,8H2,1-2H3,(H2,13,14,15,16). The molecule has 1 aliphatic heterocycles. The molecule has 0 saturated carbocycles. The van der Waals surface area contributed by atoms with Crippen molar-refractivity contribution in [1.82, 2.24) is 9.97 Å². The maximum absolute atomic E-state index is 10.4. The molecular weight excluding hydrogens is 264 g/mol. The molecule has 0 aromatic carbocycles. The number of anilines is 2. The lowest BCUT2D eigenvalue weighted by Gasteiger charge is -2.32. The summed E-state index contributed by atoms with van der Waals surface area (Å²) in [5.41, 5.74) is -0.706. The van der Waals surface area contributed by atoms with E-state index >= 15 is 0 Å². The van der Waals surface area contributed by atoms with Crippen LogP contribution in [0.2, 0.25) is 0 Å². The van der Waals surface area contributed by atoms with Gasteiger partial charge in [-0.1, -0.05) is 11.8 Å². The maximum atomic E-state index is 10.4. The first kappa shape index (κ1) is 14.4. The van der Waals surface area contributed by atoms with Gasteiger partial charge in [0.2, 0.25) is 0 Å². The highest BCUT2D eigenvalue weighted by Crippen LogP contribution is 2.22.